The lowest BCUT2D eigenvalue weighted by atomic mass is 10.0. The smallest absolute Gasteiger partial charge is 0.129 e. The molecular formula is C19H23F2NO. The van der Waals surface area contributed by atoms with Crippen molar-refractivity contribution in [1.82, 2.24) is 5.32 Å². The highest BCUT2D eigenvalue weighted by molar-refractivity contribution is 5.27. The predicted octanol–water partition coefficient (Wildman–Crippen LogP) is 3.78. The first-order valence-electron chi connectivity index (χ1n) is 8.02. The van der Waals surface area contributed by atoms with E-state index in [1.807, 2.05) is 13.0 Å². The molecule has 0 aliphatic heterocycles. The Bertz CT molecular complexity index is 631. The van der Waals surface area contributed by atoms with Gasteiger partial charge >= 0.3 is 0 Å². The molecule has 2 aromatic carbocycles. The molecule has 23 heavy (non-hydrogen) atoms. The molecule has 0 fully saturated rings. The number of nitrogens with one attached hydrogen (secondary N) is 1. The highest BCUT2D eigenvalue weighted by atomic mass is 19.1. The lowest BCUT2D eigenvalue weighted by Gasteiger charge is -2.14. The van der Waals surface area contributed by atoms with Crippen LogP contribution in [0.4, 0.5) is 8.78 Å². The van der Waals surface area contributed by atoms with E-state index in [1.165, 1.54) is 12.1 Å². The van der Waals surface area contributed by atoms with Gasteiger partial charge in [0, 0.05) is 12.1 Å². The Morgan fingerprint density at radius 3 is 2.61 bits per heavy atom. The van der Waals surface area contributed by atoms with Crippen LogP contribution in [0, 0.1) is 11.6 Å². The summed E-state index contributed by atoms with van der Waals surface area (Å²) in [6.07, 6.45) is 1.31. The summed E-state index contributed by atoms with van der Waals surface area (Å²) < 4.78 is 27.2. The van der Waals surface area contributed by atoms with Crippen LogP contribution < -0.4 is 5.32 Å². The third-order valence-corrected chi connectivity index (χ3v) is 3.92. The summed E-state index contributed by atoms with van der Waals surface area (Å²) in [5.41, 5.74) is 2.02. The van der Waals surface area contributed by atoms with Gasteiger partial charge in [-0.25, -0.2) is 8.78 Å². The zero-order valence-corrected chi connectivity index (χ0v) is 13.4. The Balaban J connectivity index is 1.77. The van der Waals surface area contributed by atoms with Gasteiger partial charge in [-0.3, -0.25) is 0 Å². The van der Waals surface area contributed by atoms with Crippen molar-refractivity contribution >= 4 is 0 Å². The summed E-state index contributed by atoms with van der Waals surface area (Å²) in [4.78, 5) is 0. The molecule has 0 radical (unpaired) electrons. The zero-order valence-electron chi connectivity index (χ0n) is 13.4. The number of benzene rings is 2. The molecule has 0 amide bonds. The molecule has 2 N–H and O–H groups in total. The van der Waals surface area contributed by atoms with Gasteiger partial charge in [-0.2, -0.15) is 0 Å². The van der Waals surface area contributed by atoms with Crippen molar-refractivity contribution in [3.63, 3.8) is 0 Å². The van der Waals surface area contributed by atoms with Gasteiger partial charge in [0.25, 0.3) is 0 Å². The molecule has 2 aromatic rings. The van der Waals surface area contributed by atoms with Gasteiger partial charge in [-0.1, -0.05) is 37.3 Å². The van der Waals surface area contributed by atoms with Gasteiger partial charge in [0.15, 0.2) is 0 Å². The quantitative estimate of drug-likeness (QED) is 0.726. The van der Waals surface area contributed by atoms with Crippen LogP contribution >= 0.6 is 0 Å². The molecule has 0 heterocycles. The van der Waals surface area contributed by atoms with Crippen molar-refractivity contribution in [3.8, 4) is 0 Å². The fraction of sp³-hybridized carbons (Fsp3) is 0.368. The topological polar surface area (TPSA) is 32.3 Å². The molecule has 0 saturated carbocycles. The Labute approximate surface area is 136 Å². The van der Waals surface area contributed by atoms with Crippen LogP contribution in [-0.2, 0) is 12.8 Å². The van der Waals surface area contributed by atoms with Gasteiger partial charge in [0.1, 0.15) is 11.6 Å². The Morgan fingerprint density at radius 2 is 1.87 bits per heavy atom. The summed E-state index contributed by atoms with van der Waals surface area (Å²) in [5, 5.41) is 13.2. The maximum absolute atomic E-state index is 13.8. The molecule has 2 rings (SSSR count). The highest BCUT2D eigenvalue weighted by Crippen LogP contribution is 2.18. The van der Waals surface area contributed by atoms with Crippen LogP contribution in [0.5, 0.6) is 0 Å². The Kier molecular flexibility index (Phi) is 6.68. The molecule has 0 saturated heterocycles. The first-order chi connectivity index (χ1) is 11.1. The molecule has 0 aliphatic carbocycles. The first kappa shape index (κ1) is 17.6. The Morgan fingerprint density at radius 1 is 1.09 bits per heavy atom. The monoisotopic (exact) mass is 319 g/mol. The van der Waals surface area contributed by atoms with Gasteiger partial charge in [-0.15, -0.1) is 0 Å². The van der Waals surface area contributed by atoms with Gasteiger partial charge < -0.3 is 10.4 Å². The minimum Gasteiger partial charge on any atom is -0.387 e. The third-order valence-electron chi connectivity index (χ3n) is 3.92. The minimum atomic E-state index is -0.880. The molecule has 0 aromatic heterocycles. The second-order valence-electron chi connectivity index (χ2n) is 5.62. The van der Waals surface area contributed by atoms with Gasteiger partial charge in [-0.05, 0) is 49.1 Å². The standard InChI is InChI=1S/C19H23F2NO/c1-2-14-9-10-18(21)16(12-14)19(23)13-22-11-5-7-15-6-3-4-8-17(15)20/h3-4,6,8-10,12,19,22-23H,2,5,7,11,13H2,1H3. The predicted molar refractivity (Wildman–Crippen MR) is 88.3 cm³/mol. The largest absolute Gasteiger partial charge is 0.387 e. The lowest BCUT2D eigenvalue weighted by Crippen LogP contribution is -2.23. The SMILES string of the molecule is CCc1ccc(F)c(C(O)CNCCCc2ccccc2F)c1. The van der Waals surface area contributed by atoms with E-state index >= 15 is 0 Å². The molecule has 0 bridgehead atoms. The van der Waals surface area contributed by atoms with E-state index in [9.17, 15) is 13.9 Å². The molecule has 0 spiro atoms. The van der Waals surface area contributed by atoms with E-state index in [2.05, 4.69) is 5.32 Å². The Hall–Kier alpha value is -1.78. The summed E-state index contributed by atoms with van der Waals surface area (Å²) in [5.74, 6) is -0.575. The number of rotatable bonds is 8. The van der Waals surface area contributed by atoms with E-state index in [1.54, 1.807) is 24.3 Å². The molecular weight excluding hydrogens is 296 g/mol. The number of halogens is 2. The molecule has 1 unspecified atom stereocenters. The van der Waals surface area contributed by atoms with Crippen LogP contribution in [0.2, 0.25) is 0 Å². The second-order valence-corrected chi connectivity index (χ2v) is 5.62. The van der Waals surface area contributed by atoms with Crippen LogP contribution in [0.25, 0.3) is 0 Å². The molecule has 124 valence electrons. The molecule has 0 aliphatic rings. The van der Waals surface area contributed by atoms with E-state index < -0.39 is 6.10 Å². The van der Waals surface area contributed by atoms with Crippen LogP contribution in [0.1, 0.15) is 36.1 Å². The average molecular weight is 319 g/mol. The normalized spacial score (nSPS) is 12.3. The van der Waals surface area contributed by atoms with Gasteiger partial charge in [0.2, 0.25) is 0 Å². The van der Waals surface area contributed by atoms with E-state index in [0.29, 0.717) is 24.1 Å². The van der Waals surface area contributed by atoms with Crippen LogP contribution in [0.3, 0.4) is 0 Å². The summed E-state index contributed by atoms with van der Waals surface area (Å²) in [7, 11) is 0. The van der Waals surface area contributed by atoms with E-state index in [0.717, 1.165) is 18.4 Å². The number of aryl methyl sites for hydroxylation is 2. The van der Waals surface area contributed by atoms with E-state index in [-0.39, 0.29) is 18.2 Å². The fourth-order valence-electron chi connectivity index (χ4n) is 2.52. The molecule has 1 atom stereocenters. The average Bonchev–Trinajstić information content (AvgIpc) is 2.56. The fourth-order valence-corrected chi connectivity index (χ4v) is 2.52. The van der Waals surface area contributed by atoms with Crippen molar-refractivity contribution in [2.75, 3.05) is 13.1 Å². The maximum Gasteiger partial charge on any atom is 0.129 e. The highest BCUT2D eigenvalue weighted by Gasteiger charge is 2.13. The van der Waals surface area contributed by atoms with Crippen molar-refractivity contribution in [3.05, 3.63) is 70.8 Å². The van der Waals surface area contributed by atoms with Crippen molar-refractivity contribution < 1.29 is 13.9 Å². The van der Waals surface area contributed by atoms with Gasteiger partial charge in [0.05, 0.1) is 6.10 Å². The maximum atomic E-state index is 13.8. The lowest BCUT2D eigenvalue weighted by molar-refractivity contribution is 0.170. The van der Waals surface area contributed by atoms with Crippen LogP contribution in [0.15, 0.2) is 42.5 Å². The number of aliphatic hydroxyl groups is 1. The summed E-state index contributed by atoms with van der Waals surface area (Å²) in [6, 6.07) is 11.6. The minimum absolute atomic E-state index is 0.189. The molecule has 2 nitrogen and oxygen atoms in total. The molecule has 4 heteroatoms. The first-order valence-corrected chi connectivity index (χ1v) is 8.02. The van der Waals surface area contributed by atoms with E-state index in [4.69, 9.17) is 0 Å². The van der Waals surface area contributed by atoms with Crippen molar-refractivity contribution in [2.45, 2.75) is 32.3 Å². The number of hydrogen-bond acceptors (Lipinski definition) is 2. The van der Waals surface area contributed by atoms with Crippen molar-refractivity contribution in [1.29, 1.82) is 0 Å². The summed E-state index contributed by atoms with van der Waals surface area (Å²) in [6.45, 7) is 2.91. The number of aliphatic hydroxyl groups excluding tert-OH is 1. The second kappa shape index (κ2) is 8.75. The zero-order chi connectivity index (χ0) is 16.7. The third kappa shape index (κ3) is 5.12. The number of hydrogen-bond donors (Lipinski definition) is 2. The van der Waals surface area contributed by atoms with Crippen LogP contribution in [-0.4, -0.2) is 18.2 Å². The van der Waals surface area contributed by atoms with Crippen molar-refractivity contribution in [2.24, 2.45) is 0 Å². The summed E-state index contributed by atoms with van der Waals surface area (Å²) >= 11 is 0.